The van der Waals surface area contributed by atoms with Crippen LogP contribution in [-0.4, -0.2) is 10.9 Å². The van der Waals surface area contributed by atoms with Crippen LogP contribution < -0.4 is 5.32 Å². The molecule has 0 saturated heterocycles. The molecule has 1 aromatic heterocycles. The van der Waals surface area contributed by atoms with Crippen molar-refractivity contribution in [2.75, 3.05) is 5.32 Å². The largest absolute Gasteiger partial charge is 0.323 e. The van der Waals surface area contributed by atoms with Crippen LogP contribution in [0.5, 0.6) is 0 Å². The van der Waals surface area contributed by atoms with E-state index in [1.165, 1.54) is 11.1 Å². The van der Waals surface area contributed by atoms with Crippen molar-refractivity contribution in [2.45, 2.75) is 20.3 Å². The highest BCUT2D eigenvalue weighted by Gasteiger charge is 2.07. The SMILES string of the molecule is Cc1ccc(CC(=O)Nc2cnccc2Cl)cc1C. The number of pyridine rings is 1. The first-order chi connectivity index (χ1) is 9.06. The highest BCUT2D eigenvalue weighted by atomic mass is 35.5. The van der Waals surface area contributed by atoms with Crippen molar-refractivity contribution >= 4 is 23.2 Å². The van der Waals surface area contributed by atoms with Crippen molar-refractivity contribution in [1.29, 1.82) is 0 Å². The van der Waals surface area contributed by atoms with E-state index in [0.717, 1.165) is 5.56 Å². The first kappa shape index (κ1) is 13.6. The van der Waals surface area contributed by atoms with Gasteiger partial charge in [-0.2, -0.15) is 0 Å². The number of nitrogens with zero attached hydrogens (tertiary/aromatic N) is 1. The monoisotopic (exact) mass is 274 g/mol. The predicted molar refractivity (Wildman–Crippen MR) is 77.5 cm³/mol. The summed E-state index contributed by atoms with van der Waals surface area (Å²) in [5, 5.41) is 3.25. The minimum atomic E-state index is -0.0989. The molecule has 1 aromatic carbocycles. The Balaban J connectivity index is 2.05. The molecule has 0 fully saturated rings. The summed E-state index contributed by atoms with van der Waals surface area (Å²) in [6, 6.07) is 7.66. The van der Waals surface area contributed by atoms with E-state index in [-0.39, 0.29) is 5.91 Å². The fourth-order valence-corrected chi connectivity index (χ4v) is 1.92. The average molecular weight is 275 g/mol. The molecule has 1 heterocycles. The molecule has 0 aliphatic carbocycles. The van der Waals surface area contributed by atoms with Crippen molar-refractivity contribution in [1.82, 2.24) is 4.98 Å². The molecule has 2 aromatic rings. The Hall–Kier alpha value is -1.87. The fourth-order valence-electron chi connectivity index (χ4n) is 1.76. The molecule has 0 aliphatic heterocycles. The van der Waals surface area contributed by atoms with Gasteiger partial charge in [-0.05, 0) is 36.6 Å². The third-order valence-corrected chi connectivity index (χ3v) is 3.31. The number of aromatic nitrogens is 1. The fraction of sp³-hybridized carbons (Fsp3) is 0.200. The minimum absolute atomic E-state index is 0.0989. The van der Waals surface area contributed by atoms with Gasteiger partial charge in [0.25, 0.3) is 0 Å². The van der Waals surface area contributed by atoms with Crippen LogP contribution in [0.15, 0.2) is 36.7 Å². The number of benzene rings is 1. The number of amides is 1. The van der Waals surface area contributed by atoms with Gasteiger partial charge in [0.05, 0.1) is 23.3 Å². The van der Waals surface area contributed by atoms with E-state index in [2.05, 4.69) is 17.2 Å². The van der Waals surface area contributed by atoms with Gasteiger partial charge in [0, 0.05) is 6.20 Å². The number of hydrogen-bond donors (Lipinski definition) is 1. The van der Waals surface area contributed by atoms with Crippen molar-refractivity contribution in [2.24, 2.45) is 0 Å². The van der Waals surface area contributed by atoms with E-state index in [4.69, 9.17) is 11.6 Å². The Labute approximate surface area is 117 Å². The van der Waals surface area contributed by atoms with Gasteiger partial charge < -0.3 is 5.32 Å². The lowest BCUT2D eigenvalue weighted by Crippen LogP contribution is -2.15. The molecule has 19 heavy (non-hydrogen) atoms. The Morgan fingerprint density at radius 1 is 1.26 bits per heavy atom. The summed E-state index contributed by atoms with van der Waals surface area (Å²) in [5.74, 6) is -0.0989. The third kappa shape index (κ3) is 3.55. The molecule has 2 rings (SSSR count). The van der Waals surface area contributed by atoms with E-state index < -0.39 is 0 Å². The average Bonchev–Trinajstić information content (AvgIpc) is 2.37. The van der Waals surface area contributed by atoms with Crippen LogP contribution in [0.3, 0.4) is 0 Å². The molecule has 0 atom stereocenters. The summed E-state index contributed by atoms with van der Waals surface area (Å²) in [7, 11) is 0. The van der Waals surface area contributed by atoms with Crippen LogP contribution >= 0.6 is 11.6 Å². The maximum absolute atomic E-state index is 11.9. The second-order valence-electron chi connectivity index (χ2n) is 4.50. The Morgan fingerprint density at radius 3 is 2.74 bits per heavy atom. The summed E-state index contributed by atoms with van der Waals surface area (Å²) >= 11 is 5.96. The molecule has 3 nitrogen and oxygen atoms in total. The lowest BCUT2D eigenvalue weighted by atomic mass is 10.0. The molecule has 0 saturated carbocycles. The van der Waals surface area contributed by atoms with Gasteiger partial charge >= 0.3 is 0 Å². The molecule has 0 bridgehead atoms. The van der Waals surface area contributed by atoms with Crippen LogP contribution in [0.4, 0.5) is 5.69 Å². The number of halogens is 1. The maximum Gasteiger partial charge on any atom is 0.228 e. The highest BCUT2D eigenvalue weighted by Crippen LogP contribution is 2.19. The van der Waals surface area contributed by atoms with Crippen LogP contribution in [0, 0.1) is 13.8 Å². The minimum Gasteiger partial charge on any atom is -0.323 e. The number of carbonyl (C=O) groups is 1. The van der Waals surface area contributed by atoms with E-state index >= 15 is 0 Å². The summed E-state index contributed by atoms with van der Waals surface area (Å²) in [6.07, 6.45) is 3.45. The van der Waals surface area contributed by atoms with Gasteiger partial charge in [0.15, 0.2) is 0 Å². The molecule has 0 radical (unpaired) electrons. The molecular weight excluding hydrogens is 260 g/mol. The summed E-state index contributed by atoms with van der Waals surface area (Å²) in [5.41, 5.74) is 3.93. The zero-order chi connectivity index (χ0) is 13.8. The zero-order valence-electron chi connectivity index (χ0n) is 10.9. The standard InChI is InChI=1S/C15H15ClN2O/c1-10-3-4-12(7-11(10)2)8-15(19)18-14-9-17-6-5-13(14)16/h3-7,9H,8H2,1-2H3,(H,18,19). The van der Waals surface area contributed by atoms with Crippen LogP contribution in [0.1, 0.15) is 16.7 Å². The van der Waals surface area contributed by atoms with E-state index in [1.54, 1.807) is 18.5 Å². The van der Waals surface area contributed by atoms with Crippen molar-refractivity contribution < 1.29 is 4.79 Å². The number of anilines is 1. The first-order valence-electron chi connectivity index (χ1n) is 6.02. The number of carbonyl (C=O) groups excluding carboxylic acids is 1. The van der Waals surface area contributed by atoms with Gasteiger partial charge in [-0.1, -0.05) is 29.8 Å². The third-order valence-electron chi connectivity index (χ3n) is 2.98. The first-order valence-corrected chi connectivity index (χ1v) is 6.39. The smallest absolute Gasteiger partial charge is 0.228 e. The quantitative estimate of drug-likeness (QED) is 0.930. The number of hydrogen-bond acceptors (Lipinski definition) is 2. The number of aryl methyl sites for hydroxylation is 2. The normalized spacial score (nSPS) is 10.3. The van der Waals surface area contributed by atoms with E-state index in [1.807, 2.05) is 25.1 Å². The highest BCUT2D eigenvalue weighted by molar-refractivity contribution is 6.33. The van der Waals surface area contributed by atoms with Crippen LogP contribution in [-0.2, 0) is 11.2 Å². The Morgan fingerprint density at radius 2 is 2.05 bits per heavy atom. The molecular formula is C15H15ClN2O. The van der Waals surface area contributed by atoms with Crippen LogP contribution in [0.25, 0.3) is 0 Å². The maximum atomic E-state index is 11.9. The lowest BCUT2D eigenvalue weighted by Gasteiger charge is -2.08. The molecule has 0 unspecified atom stereocenters. The van der Waals surface area contributed by atoms with Crippen molar-refractivity contribution in [3.63, 3.8) is 0 Å². The molecule has 1 N–H and O–H groups in total. The predicted octanol–water partition coefficient (Wildman–Crippen LogP) is 3.53. The second-order valence-corrected chi connectivity index (χ2v) is 4.91. The van der Waals surface area contributed by atoms with Crippen molar-refractivity contribution in [3.05, 3.63) is 58.4 Å². The van der Waals surface area contributed by atoms with Gasteiger partial charge in [-0.3, -0.25) is 9.78 Å². The van der Waals surface area contributed by atoms with Crippen molar-refractivity contribution in [3.8, 4) is 0 Å². The Bertz CT molecular complexity index is 611. The molecule has 4 heteroatoms. The lowest BCUT2D eigenvalue weighted by molar-refractivity contribution is -0.115. The second kappa shape index (κ2) is 5.85. The summed E-state index contributed by atoms with van der Waals surface area (Å²) in [6.45, 7) is 4.09. The van der Waals surface area contributed by atoms with E-state index in [9.17, 15) is 4.79 Å². The van der Waals surface area contributed by atoms with Gasteiger partial charge in [-0.25, -0.2) is 0 Å². The molecule has 0 spiro atoms. The zero-order valence-corrected chi connectivity index (χ0v) is 11.7. The van der Waals surface area contributed by atoms with Crippen LogP contribution in [0.2, 0.25) is 5.02 Å². The molecule has 98 valence electrons. The number of rotatable bonds is 3. The topological polar surface area (TPSA) is 42.0 Å². The van der Waals surface area contributed by atoms with Gasteiger partial charge in [0.2, 0.25) is 5.91 Å². The summed E-state index contributed by atoms with van der Waals surface area (Å²) in [4.78, 5) is 15.9. The Kier molecular flexibility index (Phi) is 4.17. The molecule has 0 aliphatic rings. The van der Waals surface area contributed by atoms with Gasteiger partial charge in [0.1, 0.15) is 0 Å². The number of nitrogens with one attached hydrogen (secondary N) is 1. The van der Waals surface area contributed by atoms with E-state index in [0.29, 0.717) is 17.1 Å². The summed E-state index contributed by atoms with van der Waals surface area (Å²) < 4.78 is 0. The molecule has 1 amide bonds. The van der Waals surface area contributed by atoms with Gasteiger partial charge in [-0.15, -0.1) is 0 Å².